The molecule has 0 radical (unpaired) electrons. The summed E-state index contributed by atoms with van der Waals surface area (Å²) in [6, 6.07) is 2.68. The summed E-state index contributed by atoms with van der Waals surface area (Å²) in [4.78, 5) is 9.09. The van der Waals surface area contributed by atoms with E-state index in [0.29, 0.717) is 12.6 Å². The van der Waals surface area contributed by atoms with Gasteiger partial charge in [-0.3, -0.25) is 9.88 Å². The number of pyridine rings is 1. The molecule has 94 valence electrons. The van der Waals surface area contributed by atoms with Crippen LogP contribution >= 0.6 is 0 Å². The molecule has 1 fully saturated rings. The van der Waals surface area contributed by atoms with Crippen molar-refractivity contribution in [3.8, 4) is 0 Å². The maximum Gasteiger partial charge on any atom is 0.0443 e. The molecule has 1 aliphatic heterocycles. The average molecular weight is 234 g/mol. The number of aromatic nitrogens is 1. The minimum Gasteiger partial charge on any atom is -0.368 e. The molecule has 0 aliphatic carbocycles. The standard InChI is InChI=1S/C13H22N4/c1-3-16-6-7-17(10-11(16)2)13-4-5-15-9-12(13)8-14/h4-5,9,11H,3,6-8,10,14H2,1-2H3. The molecule has 1 aromatic rings. The van der Waals surface area contributed by atoms with Gasteiger partial charge in [0, 0.05) is 55.9 Å². The van der Waals surface area contributed by atoms with Crippen LogP contribution in [-0.4, -0.2) is 42.1 Å². The van der Waals surface area contributed by atoms with Gasteiger partial charge in [-0.2, -0.15) is 0 Å². The lowest BCUT2D eigenvalue weighted by Crippen LogP contribution is -2.52. The zero-order chi connectivity index (χ0) is 12.3. The van der Waals surface area contributed by atoms with Crippen LogP contribution in [-0.2, 0) is 6.54 Å². The first-order valence-corrected chi connectivity index (χ1v) is 6.38. The van der Waals surface area contributed by atoms with Crippen LogP contribution in [0.1, 0.15) is 19.4 Å². The van der Waals surface area contributed by atoms with Gasteiger partial charge in [0.05, 0.1) is 0 Å². The Morgan fingerprint density at radius 2 is 2.29 bits per heavy atom. The van der Waals surface area contributed by atoms with E-state index in [9.17, 15) is 0 Å². The van der Waals surface area contributed by atoms with E-state index in [-0.39, 0.29) is 0 Å². The fourth-order valence-electron chi connectivity index (χ4n) is 2.57. The molecular weight excluding hydrogens is 212 g/mol. The molecule has 0 spiro atoms. The van der Waals surface area contributed by atoms with Crippen molar-refractivity contribution in [1.82, 2.24) is 9.88 Å². The lowest BCUT2D eigenvalue weighted by molar-refractivity contribution is 0.199. The highest BCUT2D eigenvalue weighted by Gasteiger charge is 2.23. The number of anilines is 1. The van der Waals surface area contributed by atoms with Crippen LogP contribution in [0.25, 0.3) is 0 Å². The molecule has 0 amide bonds. The zero-order valence-corrected chi connectivity index (χ0v) is 10.8. The van der Waals surface area contributed by atoms with Crippen molar-refractivity contribution in [3.05, 3.63) is 24.0 Å². The second-order valence-electron chi connectivity index (χ2n) is 4.63. The van der Waals surface area contributed by atoms with Crippen molar-refractivity contribution in [2.24, 2.45) is 5.73 Å². The topological polar surface area (TPSA) is 45.4 Å². The number of nitrogens with two attached hydrogens (primary N) is 1. The summed E-state index contributed by atoms with van der Waals surface area (Å²) in [5.41, 5.74) is 8.17. The monoisotopic (exact) mass is 234 g/mol. The molecular formula is C13H22N4. The third-order valence-corrected chi connectivity index (χ3v) is 3.61. The van der Waals surface area contributed by atoms with Gasteiger partial charge in [-0.05, 0) is 19.5 Å². The molecule has 1 aliphatic rings. The zero-order valence-electron chi connectivity index (χ0n) is 10.8. The Labute approximate surface area is 103 Å². The van der Waals surface area contributed by atoms with Crippen LogP contribution in [0.15, 0.2) is 18.5 Å². The Morgan fingerprint density at radius 1 is 1.47 bits per heavy atom. The fourth-order valence-corrected chi connectivity index (χ4v) is 2.57. The van der Waals surface area contributed by atoms with Crippen LogP contribution in [0.5, 0.6) is 0 Å². The normalized spacial score (nSPS) is 21.8. The quantitative estimate of drug-likeness (QED) is 0.850. The highest BCUT2D eigenvalue weighted by atomic mass is 15.3. The molecule has 17 heavy (non-hydrogen) atoms. The molecule has 1 atom stereocenters. The van der Waals surface area contributed by atoms with E-state index in [1.165, 1.54) is 5.69 Å². The van der Waals surface area contributed by atoms with Crippen molar-refractivity contribution < 1.29 is 0 Å². The van der Waals surface area contributed by atoms with E-state index in [4.69, 9.17) is 5.73 Å². The molecule has 2 heterocycles. The number of nitrogens with zero attached hydrogens (tertiary/aromatic N) is 3. The van der Waals surface area contributed by atoms with Crippen LogP contribution < -0.4 is 10.6 Å². The first-order valence-electron chi connectivity index (χ1n) is 6.38. The highest BCUT2D eigenvalue weighted by molar-refractivity contribution is 5.52. The van der Waals surface area contributed by atoms with E-state index >= 15 is 0 Å². The summed E-state index contributed by atoms with van der Waals surface area (Å²) in [6.45, 7) is 9.49. The minimum absolute atomic E-state index is 0.561. The number of likely N-dealkylation sites (N-methyl/N-ethyl adjacent to an activating group) is 1. The molecule has 4 heteroatoms. The number of hydrogen-bond acceptors (Lipinski definition) is 4. The van der Waals surface area contributed by atoms with Gasteiger partial charge >= 0.3 is 0 Å². The van der Waals surface area contributed by atoms with Crippen molar-refractivity contribution >= 4 is 5.69 Å². The average Bonchev–Trinajstić information content (AvgIpc) is 2.38. The van der Waals surface area contributed by atoms with Crippen LogP contribution in [0.3, 0.4) is 0 Å². The van der Waals surface area contributed by atoms with Gasteiger partial charge in [0.15, 0.2) is 0 Å². The first-order chi connectivity index (χ1) is 8.26. The van der Waals surface area contributed by atoms with Crippen LogP contribution in [0.2, 0.25) is 0 Å². The largest absolute Gasteiger partial charge is 0.368 e. The summed E-state index contributed by atoms with van der Waals surface area (Å²) >= 11 is 0. The van der Waals surface area contributed by atoms with Gasteiger partial charge in [-0.1, -0.05) is 6.92 Å². The summed E-state index contributed by atoms with van der Waals surface area (Å²) in [7, 11) is 0. The summed E-state index contributed by atoms with van der Waals surface area (Å²) in [5, 5.41) is 0. The lowest BCUT2D eigenvalue weighted by Gasteiger charge is -2.41. The number of piperazine rings is 1. The second-order valence-corrected chi connectivity index (χ2v) is 4.63. The van der Waals surface area contributed by atoms with Crippen LogP contribution in [0.4, 0.5) is 5.69 Å². The SMILES string of the molecule is CCN1CCN(c2ccncc2CN)CC1C. The Kier molecular flexibility index (Phi) is 3.97. The van der Waals surface area contributed by atoms with Gasteiger partial charge in [0.2, 0.25) is 0 Å². The third-order valence-electron chi connectivity index (χ3n) is 3.61. The van der Waals surface area contributed by atoms with Gasteiger partial charge in [0.1, 0.15) is 0 Å². The Bertz CT molecular complexity index is 366. The van der Waals surface area contributed by atoms with Crippen LogP contribution in [0, 0.1) is 0 Å². The van der Waals surface area contributed by atoms with Crippen molar-refractivity contribution in [2.75, 3.05) is 31.1 Å². The lowest BCUT2D eigenvalue weighted by atomic mass is 10.1. The molecule has 4 nitrogen and oxygen atoms in total. The molecule has 1 saturated heterocycles. The second kappa shape index (κ2) is 5.47. The Hall–Kier alpha value is -1.13. The van der Waals surface area contributed by atoms with E-state index in [1.807, 2.05) is 12.4 Å². The predicted molar refractivity (Wildman–Crippen MR) is 71.1 cm³/mol. The molecule has 2 rings (SSSR count). The predicted octanol–water partition coefficient (Wildman–Crippen LogP) is 1.07. The van der Waals surface area contributed by atoms with E-state index in [0.717, 1.165) is 31.7 Å². The fraction of sp³-hybridized carbons (Fsp3) is 0.615. The number of rotatable bonds is 3. The molecule has 1 aromatic heterocycles. The summed E-state index contributed by atoms with van der Waals surface area (Å²) < 4.78 is 0. The van der Waals surface area contributed by atoms with Crippen molar-refractivity contribution in [3.63, 3.8) is 0 Å². The van der Waals surface area contributed by atoms with E-state index in [1.54, 1.807) is 0 Å². The highest BCUT2D eigenvalue weighted by Crippen LogP contribution is 2.22. The molecule has 1 unspecified atom stereocenters. The van der Waals surface area contributed by atoms with Crippen molar-refractivity contribution in [2.45, 2.75) is 26.4 Å². The van der Waals surface area contributed by atoms with Gasteiger partial charge < -0.3 is 10.6 Å². The smallest absolute Gasteiger partial charge is 0.0443 e. The van der Waals surface area contributed by atoms with Gasteiger partial charge in [0.25, 0.3) is 0 Å². The molecule has 0 saturated carbocycles. The Morgan fingerprint density at radius 3 is 2.94 bits per heavy atom. The van der Waals surface area contributed by atoms with Gasteiger partial charge in [-0.15, -0.1) is 0 Å². The summed E-state index contributed by atoms with van der Waals surface area (Å²) in [6.07, 6.45) is 3.73. The van der Waals surface area contributed by atoms with E-state index < -0.39 is 0 Å². The molecule has 2 N–H and O–H groups in total. The van der Waals surface area contributed by atoms with E-state index in [2.05, 4.69) is 34.7 Å². The number of hydrogen-bond donors (Lipinski definition) is 1. The minimum atomic E-state index is 0.561. The Balaban J connectivity index is 2.13. The maximum absolute atomic E-state index is 5.77. The van der Waals surface area contributed by atoms with Crippen molar-refractivity contribution in [1.29, 1.82) is 0 Å². The third kappa shape index (κ3) is 2.58. The first kappa shape index (κ1) is 12.3. The maximum atomic E-state index is 5.77. The summed E-state index contributed by atoms with van der Waals surface area (Å²) in [5.74, 6) is 0. The molecule has 0 bridgehead atoms. The van der Waals surface area contributed by atoms with Gasteiger partial charge in [-0.25, -0.2) is 0 Å². The molecule has 0 aromatic carbocycles.